The van der Waals surface area contributed by atoms with Crippen LogP contribution < -0.4 is 10.6 Å². The SMILES string of the molecule is CC(=O)c1ccc(NC(=O)COC(=O)CCC(=O)Nc2ccc(Cl)cc2Cl)cc1. The van der Waals surface area contributed by atoms with Crippen LogP contribution in [0.4, 0.5) is 11.4 Å². The minimum absolute atomic E-state index is 0.0841. The lowest BCUT2D eigenvalue weighted by Crippen LogP contribution is -2.21. The van der Waals surface area contributed by atoms with Crippen molar-refractivity contribution in [2.45, 2.75) is 19.8 Å². The third kappa shape index (κ3) is 7.56. The maximum absolute atomic E-state index is 11.9. The average molecular weight is 437 g/mol. The zero-order valence-corrected chi connectivity index (χ0v) is 17.0. The summed E-state index contributed by atoms with van der Waals surface area (Å²) in [5, 5.41) is 5.82. The molecule has 2 rings (SSSR count). The Balaban J connectivity index is 1.71. The standard InChI is InChI=1S/C20H18Cl2N2O5/c1-12(25)13-2-5-15(6-3-13)23-19(27)11-29-20(28)9-8-18(26)24-17-7-4-14(21)10-16(17)22/h2-7,10H,8-9,11H2,1H3,(H,23,27)(H,24,26). The van der Waals surface area contributed by atoms with Gasteiger partial charge in [0.05, 0.1) is 17.1 Å². The number of esters is 1. The number of ketones is 1. The summed E-state index contributed by atoms with van der Waals surface area (Å²) in [7, 11) is 0. The second-order valence-corrected chi connectivity index (χ2v) is 6.86. The second kappa shape index (κ2) is 10.6. The molecule has 0 aliphatic heterocycles. The Morgan fingerprint density at radius 2 is 1.59 bits per heavy atom. The van der Waals surface area contributed by atoms with Gasteiger partial charge in [-0.1, -0.05) is 23.2 Å². The van der Waals surface area contributed by atoms with Crippen molar-refractivity contribution in [1.29, 1.82) is 0 Å². The van der Waals surface area contributed by atoms with Gasteiger partial charge in [0.15, 0.2) is 12.4 Å². The van der Waals surface area contributed by atoms with Gasteiger partial charge in [-0.2, -0.15) is 0 Å². The predicted molar refractivity (Wildman–Crippen MR) is 110 cm³/mol. The summed E-state index contributed by atoms with van der Waals surface area (Å²) in [6, 6.07) is 10.9. The van der Waals surface area contributed by atoms with Gasteiger partial charge < -0.3 is 15.4 Å². The highest BCUT2D eigenvalue weighted by molar-refractivity contribution is 6.36. The van der Waals surface area contributed by atoms with Gasteiger partial charge in [-0.25, -0.2) is 0 Å². The number of rotatable bonds is 8. The molecule has 0 saturated heterocycles. The second-order valence-electron chi connectivity index (χ2n) is 6.01. The molecular weight excluding hydrogens is 419 g/mol. The number of hydrogen-bond acceptors (Lipinski definition) is 5. The zero-order chi connectivity index (χ0) is 21.4. The number of carbonyl (C=O) groups is 4. The number of ether oxygens (including phenoxy) is 1. The van der Waals surface area contributed by atoms with Gasteiger partial charge in [-0.05, 0) is 49.4 Å². The van der Waals surface area contributed by atoms with Gasteiger partial charge in [0.1, 0.15) is 0 Å². The summed E-state index contributed by atoms with van der Waals surface area (Å²) < 4.78 is 4.85. The van der Waals surface area contributed by atoms with Crippen LogP contribution in [-0.4, -0.2) is 30.2 Å². The molecule has 152 valence electrons. The molecule has 29 heavy (non-hydrogen) atoms. The van der Waals surface area contributed by atoms with E-state index in [0.717, 1.165) is 0 Å². The van der Waals surface area contributed by atoms with Crippen LogP contribution in [0.2, 0.25) is 10.0 Å². The van der Waals surface area contributed by atoms with Gasteiger partial charge in [0, 0.05) is 22.7 Å². The number of benzene rings is 2. The van der Waals surface area contributed by atoms with Crippen molar-refractivity contribution in [3.8, 4) is 0 Å². The molecule has 0 radical (unpaired) electrons. The van der Waals surface area contributed by atoms with E-state index < -0.39 is 24.4 Å². The molecule has 9 heteroatoms. The summed E-state index contributed by atoms with van der Waals surface area (Å²) in [6.07, 6.45) is -0.330. The molecule has 0 aromatic heterocycles. The number of Topliss-reactive ketones (excluding diaryl/α,β-unsaturated/α-hetero) is 1. The predicted octanol–water partition coefficient (Wildman–Crippen LogP) is 4.10. The lowest BCUT2D eigenvalue weighted by atomic mass is 10.1. The Morgan fingerprint density at radius 3 is 2.21 bits per heavy atom. The smallest absolute Gasteiger partial charge is 0.306 e. The molecule has 0 heterocycles. The van der Waals surface area contributed by atoms with E-state index in [0.29, 0.717) is 22.0 Å². The molecular formula is C20H18Cl2N2O5. The van der Waals surface area contributed by atoms with Gasteiger partial charge in [0.2, 0.25) is 5.91 Å². The van der Waals surface area contributed by atoms with Crippen LogP contribution in [0.15, 0.2) is 42.5 Å². The quantitative estimate of drug-likeness (QED) is 0.479. The topological polar surface area (TPSA) is 102 Å². The van der Waals surface area contributed by atoms with E-state index in [4.69, 9.17) is 27.9 Å². The minimum Gasteiger partial charge on any atom is -0.456 e. The zero-order valence-electron chi connectivity index (χ0n) is 15.5. The number of halogens is 2. The first kappa shape index (κ1) is 22.4. The van der Waals surface area contributed by atoms with E-state index in [1.807, 2.05) is 0 Å². The van der Waals surface area contributed by atoms with Crippen molar-refractivity contribution in [3.63, 3.8) is 0 Å². The first-order valence-electron chi connectivity index (χ1n) is 8.56. The first-order valence-corrected chi connectivity index (χ1v) is 9.31. The Hall–Kier alpha value is -2.90. The van der Waals surface area contributed by atoms with Gasteiger partial charge in [0.25, 0.3) is 5.91 Å². The normalized spacial score (nSPS) is 10.2. The molecule has 0 unspecified atom stereocenters. The fourth-order valence-electron chi connectivity index (χ4n) is 2.22. The van der Waals surface area contributed by atoms with E-state index in [9.17, 15) is 19.2 Å². The molecule has 2 N–H and O–H groups in total. The van der Waals surface area contributed by atoms with Crippen molar-refractivity contribution in [3.05, 3.63) is 58.1 Å². The number of hydrogen-bond donors (Lipinski definition) is 2. The van der Waals surface area contributed by atoms with Crippen molar-refractivity contribution in [1.82, 2.24) is 0 Å². The third-order valence-electron chi connectivity index (χ3n) is 3.70. The Bertz CT molecular complexity index is 929. The summed E-state index contributed by atoms with van der Waals surface area (Å²) in [4.78, 5) is 46.7. The highest BCUT2D eigenvalue weighted by atomic mass is 35.5. The fraction of sp³-hybridized carbons (Fsp3) is 0.200. The minimum atomic E-state index is -0.690. The third-order valence-corrected chi connectivity index (χ3v) is 4.25. The van der Waals surface area contributed by atoms with E-state index in [1.54, 1.807) is 36.4 Å². The van der Waals surface area contributed by atoms with Crippen molar-refractivity contribution < 1.29 is 23.9 Å². The van der Waals surface area contributed by atoms with Crippen molar-refractivity contribution in [2.75, 3.05) is 17.2 Å². The van der Waals surface area contributed by atoms with E-state index in [1.165, 1.54) is 13.0 Å². The lowest BCUT2D eigenvalue weighted by Gasteiger charge is -2.08. The first-order chi connectivity index (χ1) is 13.7. The summed E-state index contributed by atoms with van der Waals surface area (Å²) in [6.45, 7) is 0.954. The Morgan fingerprint density at radius 1 is 0.897 bits per heavy atom. The number of amides is 2. The van der Waals surface area contributed by atoms with E-state index >= 15 is 0 Å². The molecule has 0 saturated carbocycles. The van der Waals surface area contributed by atoms with Crippen LogP contribution in [0.1, 0.15) is 30.1 Å². The maximum atomic E-state index is 11.9. The Labute approximate surface area is 177 Å². The van der Waals surface area contributed by atoms with Crippen molar-refractivity contribution in [2.24, 2.45) is 0 Å². The summed E-state index contributed by atoms with van der Waals surface area (Å²) >= 11 is 11.7. The number of carbonyl (C=O) groups excluding carboxylic acids is 4. The molecule has 7 nitrogen and oxygen atoms in total. The largest absolute Gasteiger partial charge is 0.456 e. The molecule has 0 aliphatic rings. The van der Waals surface area contributed by atoms with Gasteiger partial charge >= 0.3 is 5.97 Å². The molecule has 2 amide bonds. The van der Waals surface area contributed by atoms with Crippen LogP contribution in [0.3, 0.4) is 0 Å². The van der Waals surface area contributed by atoms with Crippen LogP contribution >= 0.6 is 23.2 Å². The van der Waals surface area contributed by atoms with Crippen LogP contribution in [0.25, 0.3) is 0 Å². The maximum Gasteiger partial charge on any atom is 0.306 e. The molecule has 2 aromatic rings. The molecule has 2 aromatic carbocycles. The average Bonchev–Trinajstić information content (AvgIpc) is 2.67. The van der Waals surface area contributed by atoms with Crippen LogP contribution in [0, 0.1) is 0 Å². The molecule has 0 spiro atoms. The highest BCUT2D eigenvalue weighted by Gasteiger charge is 2.12. The highest BCUT2D eigenvalue weighted by Crippen LogP contribution is 2.25. The fourth-order valence-corrected chi connectivity index (χ4v) is 2.68. The van der Waals surface area contributed by atoms with Gasteiger partial charge in [-0.15, -0.1) is 0 Å². The Kier molecular flexibility index (Phi) is 8.18. The summed E-state index contributed by atoms with van der Waals surface area (Å²) in [5.74, 6) is -1.74. The molecule has 0 bridgehead atoms. The van der Waals surface area contributed by atoms with E-state index in [2.05, 4.69) is 10.6 Å². The van der Waals surface area contributed by atoms with E-state index in [-0.39, 0.29) is 23.6 Å². The summed E-state index contributed by atoms with van der Waals surface area (Å²) in [5.41, 5.74) is 1.37. The number of anilines is 2. The van der Waals surface area contributed by atoms with Crippen LogP contribution in [0.5, 0.6) is 0 Å². The molecule has 0 fully saturated rings. The number of nitrogens with one attached hydrogen (secondary N) is 2. The molecule has 0 atom stereocenters. The molecule has 0 aliphatic carbocycles. The van der Waals surface area contributed by atoms with Gasteiger partial charge in [-0.3, -0.25) is 19.2 Å². The van der Waals surface area contributed by atoms with Crippen molar-refractivity contribution >= 4 is 58.1 Å². The van der Waals surface area contributed by atoms with Crippen LogP contribution in [-0.2, 0) is 19.1 Å². The lowest BCUT2D eigenvalue weighted by molar-refractivity contribution is -0.147. The monoisotopic (exact) mass is 436 g/mol.